The number of hydrazone groups is 1. The summed E-state index contributed by atoms with van der Waals surface area (Å²) in [7, 11) is 0. The topological polar surface area (TPSA) is 89.0 Å². The summed E-state index contributed by atoms with van der Waals surface area (Å²) in [4.78, 5) is 19.6. The summed E-state index contributed by atoms with van der Waals surface area (Å²) < 4.78 is 0. The molecule has 8 heteroatoms. The summed E-state index contributed by atoms with van der Waals surface area (Å²) in [6, 6.07) is 2.81. The molecule has 1 aliphatic carbocycles. The first-order valence-electron chi connectivity index (χ1n) is 9.90. The van der Waals surface area contributed by atoms with Crippen molar-refractivity contribution >= 4 is 24.2 Å². The molecule has 1 saturated heterocycles. The maximum absolute atomic E-state index is 12.6. The van der Waals surface area contributed by atoms with Crippen LogP contribution in [0.1, 0.15) is 43.7 Å². The summed E-state index contributed by atoms with van der Waals surface area (Å²) in [5, 5.41) is 16.3. The number of aromatic nitrogens is 2. The molecular formula is C19H25N7O. The predicted molar refractivity (Wildman–Crippen MR) is 104 cm³/mol. The molecule has 1 amide bonds. The van der Waals surface area contributed by atoms with E-state index in [2.05, 4.69) is 30.5 Å². The largest absolute Gasteiger partial charge is 0.309 e. The number of aliphatic imine (C=N–C) groups is 1. The molecule has 2 unspecified atom stereocenters. The van der Waals surface area contributed by atoms with Gasteiger partial charge in [0.2, 0.25) is 5.91 Å². The molecule has 1 aromatic heterocycles. The van der Waals surface area contributed by atoms with Crippen LogP contribution >= 0.6 is 0 Å². The van der Waals surface area contributed by atoms with Gasteiger partial charge in [-0.25, -0.2) is 5.01 Å². The van der Waals surface area contributed by atoms with E-state index in [1.54, 1.807) is 17.4 Å². The Morgan fingerprint density at radius 3 is 2.85 bits per heavy atom. The minimum absolute atomic E-state index is 0.128. The zero-order chi connectivity index (χ0) is 18.2. The number of hydrogen-bond acceptors (Lipinski definition) is 6. The second kappa shape index (κ2) is 6.92. The lowest BCUT2D eigenvalue weighted by atomic mass is 9.87. The lowest BCUT2D eigenvalue weighted by Crippen LogP contribution is -2.44. The Bertz CT molecular complexity index is 786. The van der Waals surface area contributed by atoms with E-state index in [9.17, 15) is 4.79 Å². The van der Waals surface area contributed by atoms with Crippen LogP contribution in [0.2, 0.25) is 0 Å². The molecule has 3 aliphatic heterocycles. The van der Waals surface area contributed by atoms with Crippen molar-refractivity contribution in [3.05, 3.63) is 24.0 Å². The van der Waals surface area contributed by atoms with Crippen molar-refractivity contribution in [1.82, 2.24) is 20.1 Å². The van der Waals surface area contributed by atoms with Gasteiger partial charge < -0.3 is 10.2 Å². The van der Waals surface area contributed by atoms with Crippen LogP contribution in [0, 0.1) is 5.92 Å². The SMILES string of the molecule is O=C(Nc1cc(C2CCN(C3CCC3)CC2)[nH]n1)C1C=NN2C=CC=NC12. The molecule has 0 bridgehead atoms. The number of rotatable bonds is 4. The van der Waals surface area contributed by atoms with E-state index < -0.39 is 5.92 Å². The average Bonchev–Trinajstić information content (AvgIpc) is 3.28. The first-order chi connectivity index (χ1) is 13.3. The number of allylic oxidation sites excluding steroid dienone is 1. The molecule has 2 fully saturated rings. The highest BCUT2D eigenvalue weighted by molar-refractivity contribution is 6.03. The number of anilines is 1. The van der Waals surface area contributed by atoms with Crippen LogP contribution in [-0.4, -0.2) is 63.7 Å². The number of aromatic amines is 1. The minimum atomic E-state index is -0.405. The zero-order valence-corrected chi connectivity index (χ0v) is 15.3. The van der Waals surface area contributed by atoms with Gasteiger partial charge in [0.25, 0.3) is 0 Å². The molecule has 1 aromatic rings. The molecule has 27 heavy (non-hydrogen) atoms. The van der Waals surface area contributed by atoms with Gasteiger partial charge in [-0.1, -0.05) is 6.42 Å². The normalized spacial score (nSPS) is 28.4. The smallest absolute Gasteiger partial charge is 0.238 e. The quantitative estimate of drug-likeness (QED) is 0.851. The molecule has 2 N–H and O–H groups in total. The number of fused-ring (bicyclic) bond motifs is 1. The van der Waals surface area contributed by atoms with Crippen LogP contribution in [0.5, 0.6) is 0 Å². The van der Waals surface area contributed by atoms with Crippen molar-refractivity contribution in [1.29, 1.82) is 0 Å². The van der Waals surface area contributed by atoms with Crippen LogP contribution in [0.25, 0.3) is 0 Å². The first kappa shape index (κ1) is 16.7. The summed E-state index contributed by atoms with van der Waals surface area (Å²) in [6.45, 7) is 2.33. The van der Waals surface area contributed by atoms with E-state index in [0.29, 0.717) is 11.7 Å². The summed E-state index contributed by atoms with van der Waals surface area (Å²) in [5.41, 5.74) is 1.12. The Morgan fingerprint density at radius 2 is 2.07 bits per heavy atom. The highest BCUT2D eigenvalue weighted by Crippen LogP contribution is 2.33. The Hall–Kier alpha value is -2.48. The molecule has 0 spiro atoms. The second-order valence-electron chi connectivity index (χ2n) is 7.82. The van der Waals surface area contributed by atoms with Crippen molar-refractivity contribution < 1.29 is 4.79 Å². The van der Waals surface area contributed by atoms with Crippen LogP contribution in [0.4, 0.5) is 5.82 Å². The van der Waals surface area contributed by atoms with Crippen LogP contribution in [-0.2, 0) is 4.79 Å². The van der Waals surface area contributed by atoms with Crippen LogP contribution < -0.4 is 5.32 Å². The third-order valence-corrected chi connectivity index (χ3v) is 6.23. The average molecular weight is 367 g/mol. The Balaban J connectivity index is 1.18. The minimum Gasteiger partial charge on any atom is -0.309 e. The number of nitrogens with one attached hydrogen (secondary N) is 2. The molecule has 4 heterocycles. The second-order valence-corrected chi connectivity index (χ2v) is 7.82. The fraction of sp³-hybridized carbons (Fsp3) is 0.579. The van der Waals surface area contributed by atoms with Gasteiger partial charge in [-0.05, 0) is 44.8 Å². The molecule has 4 aliphatic rings. The van der Waals surface area contributed by atoms with Gasteiger partial charge in [-0.3, -0.25) is 14.9 Å². The number of carbonyl (C=O) groups excluding carboxylic acids is 1. The van der Waals surface area contributed by atoms with Crippen molar-refractivity contribution in [3.8, 4) is 0 Å². The fourth-order valence-corrected chi connectivity index (χ4v) is 4.36. The molecule has 8 nitrogen and oxygen atoms in total. The van der Waals surface area contributed by atoms with Crippen molar-refractivity contribution in [2.75, 3.05) is 18.4 Å². The maximum Gasteiger partial charge on any atom is 0.238 e. The maximum atomic E-state index is 12.6. The fourth-order valence-electron chi connectivity index (χ4n) is 4.36. The Labute approximate surface area is 158 Å². The highest BCUT2D eigenvalue weighted by atomic mass is 16.2. The van der Waals surface area contributed by atoms with Gasteiger partial charge in [0.15, 0.2) is 12.0 Å². The van der Waals surface area contributed by atoms with Crippen LogP contribution in [0.3, 0.4) is 0 Å². The number of likely N-dealkylation sites (tertiary alicyclic amines) is 1. The Morgan fingerprint density at radius 1 is 1.22 bits per heavy atom. The highest BCUT2D eigenvalue weighted by Gasteiger charge is 2.36. The molecule has 0 radical (unpaired) electrons. The summed E-state index contributed by atoms with van der Waals surface area (Å²) in [5.74, 6) is 0.545. The lowest BCUT2D eigenvalue weighted by molar-refractivity contribution is -0.118. The third-order valence-electron chi connectivity index (χ3n) is 6.23. The number of amides is 1. The van der Waals surface area contributed by atoms with E-state index in [1.807, 2.05) is 18.3 Å². The molecule has 5 rings (SSSR count). The van der Waals surface area contributed by atoms with Crippen LogP contribution in [0.15, 0.2) is 28.4 Å². The van der Waals surface area contributed by atoms with Gasteiger partial charge >= 0.3 is 0 Å². The monoisotopic (exact) mass is 367 g/mol. The van der Waals surface area contributed by atoms with E-state index in [-0.39, 0.29) is 12.1 Å². The molecule has 142 valence electrons. The molecule has 2 atom stereocenters. The van der Waals surface area contributed by atoms with Gasteiger partial charge in [-0.2, -0.15) is 10.2 Å². The first-order valence-corrected chi connectivity index (χ1v) is 9.90. The predicted octanol–water partition coefficient (Wildman–Crippen LogP) is 1.92. The van der Waals surface area contributed by atoms with Gasteiger partial charge in [0.1, 0.15) is 5.92 Å². The van der Waals surface area contributed by atoms with E-state index in [0.717, 1.165) is 37.7 Å². The Kier molecular flexibility index (Phi) is 4.27. The van der Waals surface area contributed by atoms with Gasteiger partial charge in [-0.15, -0.1) is 0 Å². The van der Waals surface area contributed by atoms with E-state index in [1.165, 1.54) is 19.3 Å². The van der Waals surface area contributed by atoms with E-state index in [4.69, 9.17) is 0 Å². The van der Waals surface area contributed by atoms with Gasteiger partial charge in [0, 0.05) is 42.3 Å². The zero-order valence-electron chi connectivity index (χ0n) is 15.3. The number of H-pyrrole nitrogens is 1. The molecular weight excluding hydrogens is 342 g/mol. The summed E-state index contributed by atoms with van der Waals surface area (Å²) in [6.07, 6.45) is 13.1. The van der Waals surface area contributed by atoms with Crippen molar-refractivity contribution in [2.45, 2.75) is 50.2 Å². The molecule has 1 saturated carbocycles. The number of nitrogens with zero attached hydrogens (tertiary/aromatic N) is 5. The number of piperidine rings is 1. The lowest BCUT2D eigenvalue weighted by Gasteiger charge is -2.41. The standard InChI is InChI=1S/C19H25N7O/c27-19(15-12-21-26-8-2-7-20-18(15)26)22-17-11-16(23-24-17)13-5-9-25(10-6-13)14-3-1-4-14/h2,7-8,11-15,18H,1,3-6,9-10H2,(H2,22,23,24,27). The molecule has 0 aromatic carbocycles. The van der Waals surface area contributed by atoms with Crippen molar-refractivity contribution in [2.24, 2.45) is 16.0 Å². The van der Waals surface area contributed by atoms with Gasteiger partial charge in [0.05, 0.1) is 0 Å². The van der Waals surface area contributed by atoms with E-state index >= 15 is 0 Å². The summed E-state index contributed by atoms with van der Waals surface area (Å²) >= 11 is 0. The van der Waals surface area contributed by atoms with Crippen molar-refractivity contribution in [3.63, 3.8) is 0 Å². The number of hydrogen-bond donors (Lipinski definition) is 2. The third kappa shape index (κ3) is 3.18. The number of carbonyl (C=O) groups is 1.